The highest BCUT2D eigenvalue weighted by atomic mass is 79.9. The zero-order valence-electron chi connectivity index (χ0n) is 20.2. The largest absolute Gasteiger partial charge is 0.345 e. The summed E-state index contributed by atoms with van der Waals surface area (Å²) in [6, 6.07) is 12.4. The maximum absolute atomic E-state index is 13.3. The van der Waals surface area contributed by atoms with Gasteiger partial charge in [-0.05, 0) is 42.2 Å². The third kappa shape index (κ3) is 8.12. The van der Waals surface area contributed by atoms with Crippen molar-refractivity contribution in [3.63, 3.8) is 0 Å². The van der Waals surface area contributed by atoms with Crippen molar-refractivity contribution in [1.82, 2.24) is 14.4 Å². The number of rotatable bonds is 12. The molecular formula is C26H38BrN3O2. The first-order valence-electron chi connectivity index (χ1n) is 11.7. The number of amides is 2. The van der Waals surface area contributed by atoms with E-state index in [2.05, 4.69) is 65.7 Å². The van der Waals surface area contributed by atoms with E-state index in [9.17, 15) is 9.59 Å². The Morgan fingerprint density at radius 3 is 2.31 bits per heavy atom. The Morgan fingerprint density at radius 1 is 1.03 bits per heavy atom. The van der Waals surface area contributed by atoms with Gasteiger partial charge in [-0.3, -0.25) is 9.59 Å². The maximum Gasteiger partial charge on any atom is 0.242 e. The van der Waals surface area contributed by atoms with Crippen molar-refractivity contribution in [3.8, 4) is 0 Å². The monoisotopic (exact) mass is 503 g/mol. The fraction of sp³-hybridized carbons (Fsp3) is 0.538. The molecule has 5 nitrogen and oxygen atoms in total. The van der Waals surface area contributed by atoms with Crippen LogP contribution in [0.4, 0.5) is 0 Å². The van der Waals surface area contributed by atoms with Crippen LogP contribution in [0.25, 0.3) is 0 Å². The molecule has 0 saturated carbocycles. The van der Waals surface area contributed by atoms with E-state index in [1.165, 1.54) is 5.56 Å². The first-order valence-corrected chi connectivity index (χ1v) is 12.5. The molecule has 0 atom stereocenters. The normalized spacial score (nSPS) is 11.2. The molecule has 0 radical (unpaired) electrons. The molecule has 1 aromatic carbocycles. The van der Waals surface area contributed by atoms with Crippen LogP contribution in [0.1, 0.15) is 58.7 Å². The molecule has 0 spiro atoms. The van der Waals surface area contributed by atoms with Gasteiger partial charge in [-0.15, -0.1) is 0 Å². The number of nitrogens with zero attached hydrogens (tertiary/aromatic N) is 3. The molecular weight excluding hydrogens is 466 g/mol. The van der Waals surface area contributed by atoms with Gasteiger partial charge in [-0.25, -0.2) is 0 Å². The van der Waals surface area contributed by atoms with E-state index in [1.54, 1.807) is 4.90 Å². The second kappa shape index (κ2) is 12.8. The Bertz CT molecular complexity index is 858. The van der Waals surface area contributed by atoms with E-state index in [0.29, 0.717) is 25.6 Å². The third-order valence-electron chi connectivity index (χ3n) is 5.39. The lowest BCUT2D eigenvalue weighted by Gasteiger charge is -2.30. The lowest BCUT2D eigenvalue weighted by Crippen LogP contribution is -2.45. The smallest absolute Gasteiger partial charge is 0.242 e. The lowest BCUT2D eigenvalue weighted by atomic mass is 10.1. The number of unbranched alkanes of at least 4 members (excludes halogenated alkanes) is 1. The standard InChI is InChI=1S/C26H38BrN3O2/c1-6-7-14-29(25(31)19-30(16-20(2)3)26(32)21(4)5)18-24-9-8-15-28(24)17-22-10-12-23(27)13-11-22/h8-13,15,20-21H,6-7,14,16-19H2,1-5H3. The SMILES string of the molecule is CCCCN(Cc1cccn1Cc1ccc(Br)cc1)C(=O)CN(CC(C)C)C(=O)C(C)C. The number of carbonyl (C=O) groups excluding carboxylic acids is 2. The first kappa shape index (κ1) is 26.2. The van der Waals surface area contributed by atoms with Crippen molar-refractivity contribution in [2.24, 2.45) is 11.8 Å². The molecule has 1 aromatic heterocycles. The highest BCUT2D eigenvalue weighted by Gasteiger charge is 2.24. The molecule has 2 aromatic rings. The molecule has 32 heavy (non-hydrogen) atoms. The Morgan fingerprint density at radius 2 is 1.72 bits per heavy atom. The first-order chi connectivity index (χ1) is 15.2. The van der Waals surface area contributed by atoms with Crippen molar-refractivity contribution < 1.29 is 9.59 Å². The summed E-state index contributed by atoms with van der Waals surface area (Å²) in [5.41, 5.74) is 2.31. The van der Waals surface area contributed by atoms with Gasteiger partial charge < -0.3 is 14.4 Å². The van der Waals surface area contributed by atoms with Crippen LogP contribution in [0.5, 0.6) is 0 Å². The molecule has 2 rings (SSSR count). The highest BCUT2D eigenvalue weighted by molar-refractivity contribution is 9.10. The van der Waals surface area contributed by atoms with Gasteiger partial charge in [0.2, 0.25) is 11.8 Å². The van der Waals surface area contributed by atoms with Crippen molar-refractivity contribution in [1.29, 1.82) is 0 Å². The summed E-state index contributed by atoms with van der Waals surface area (Å²) in [4.78, 5) is 29.7. The Hall–Kier alpha value is -2.08. The van der Waals surface area contributed by atoms with Gasteiger partial charge >= 0.3 is 0 Å². The quantitative estimate of drug-likeness (QED) is 0.380. The zero-order chi connectivity index (χ0) is 23.7. The minimum atomic E-state index is -0.117. The molecule has 6 heteroatoms. The van der Waals surface area contributed by atoms with Crippen LogP contribution in [0, 0.1) is 11.8 Å². The average molecular weight is 505 g/mol. The average Bonchev–Trinajstić information content (AvgIpc) is 3.17. The molecule has 0 fully saturated rings. The predicted molar refractivity (Wildman–Crippen MR) is 134 cm³/mol. The van der Waals surface area contributed by atoms with E-state index < -0.39 is 0 Å². The summed E-state index contributed by atoms with van der Waals surface area (Å²) < 4.78 is 3.26. The van der Waals surface area contributed by atoms with Gasteiger partial charge in [0.05, 0.1) is 13.1 Å². The summed E-state index contributed by atoms with van der Waals surface area (Å²) in [5.74, 6) is 0.261. The minimum absolute atomic E-state index is 0.0180. The number of benzene rings is 1. The van der Waals surface area contributed by atoms with Crippen molar-refractivity contribution in [2.45, 2.75) is 60.5 Å². The number of halogens is 1. The van der Waals surface area contributed by atoms with Crippen LogP contribution < -0.4 is 0 Å². The summed E-state index contributed by atoms with van der Waals surface area (Å²) >= 11 is 3.48. The zero-order valence-corrected chi connectivity index (χ0v) is 21.8. The molecule has 2 amide bonds. The van der Waals surface area contributed by atoms with Gasteiger partial charge in [-0.1, -0.05) is 69.1 Å². The number of hydrogen-bond acceptors (Lipinski definition) is 2. The molecule has 176 valence electrons. The van der Waals surface area contributed by atoms with E-state index in [-0.39, 0.29) is 24.3 Å². The van der Waals surface area contributed by atoms with Crippen LogP contribution in [-0.4, -0.2) is 45.8 Å². The fourth-order valence-corrected chi connectivity index (χ4v) is 3.94. The van der Waals surface area contributed by atoms with E-state index in [1.807, 2.05) is 36.9 Å². The Kier molecular flexibility index (Phi) is 10.5. The molecule has 0 aliphatic carbocycles. The summed E-state index contributed by atoms with van der Waals surface area (Å²) in [5, 5.41) is 0. The van der Waals surface area contributed by atoms with E-state index >= 15 is 0 Å². The topological polar surface area (TPSA) is 45.6 Å². The van der Waals surface area contributed by atoms with Crippen molar-refractivity contribution in [3.05, 3.63) is 58.3 Å². The van der Waals surface area contributed by atoms with Crippen LogP contribution in [0.2, 0.25) is 0 Å². The predicted octanol–water partition coefficient (Wildman–Crippen LogP) is 5.57. The number of hydrogen-bond donors (Lipinski definition) is 0. The van der Waals surface area contributed by atoms with Gasteiger partial charge in [0, 0.05) is 41.9 Å². The minimum Gasteiger partial charge on any atom is -0.345 e. The highest BCUT2D eigenvalue weighted by Crippen LogP contribution is 2.15. The summed E-state index contributed by atoms with van der Waals surface area (Å²) in [6.07, 6.45) is 4.03. The molecule has 0 bridgehead atoms. The molecule has 0 N–H and O–H groups in total. The van der Waals surface area contributed by atoms with Crippen LogP contribution >= 0.6 is 15.9 Å². The van der Waals surface area contributed by atoms with Gasteiger partial charge in [0.1, 0.15) is 0 Å². The van der Waals surface area contributed by atoms with E-state index in [4.69, 9.17) is 0 Å². The van der Waals surface area contributed by atoms with Crippen LogP contribution in [0.15, 0.2) is 47.1 Å². The summed E-state index contributed by atoms with van der Waals surface area (Å²) in [7, 11) is 0. The van der Waals surface area contributed by atoms with Crippen LogP contribution in [-0.2, 0) is 22.7 Å². The molecule has 0 unspecified atom stereocenters. The molecule has 0 saturated heterocycles. The second-order valence-corrected chi connectivity index (χ2v) is 10.1. The van der Waals surface area contributed by atoms with Crippen LogP contribution in [0.3, 0.4) is 0 Å². The molecule has 0 aliphatic heterocycles. The van der Waals surface area contributed by atoms with Gasteiger partial charge in [0.15, 0.2) is 0 Å². The van der Waals surface area contributed by atoms with Gasteiger partial charge in [-0.2, -0.15) is 0 Å². The Labute approximate surface area is 201 Å². The second-order valence-electron chi connectivity index (χ2n) is 9.19. The lowest BCUT2D eigenvalue weighted by molar-refractivity contribution is -0.143. The van der Waals surface area contributed by atoms with E-state index in [0.717, 1.165) is 29.6 Å². The number of aromatic nitrogens is 1. The van der Waals surface area contributed by atoms with Crippen molar-refractivity contribution in [2.75, 3.05) is 19.6 Å². The maximum atomic E-state index is 13.3. The molecule has 1 heterocycles. The Balaban J connectivity index is 2.15. The molecule has 0 aliphatic rings. The van der Waals surface area contributed by atoms with Gasteiger partial charge in [0.25, 0.3) is 0 Å². The fourth-order valence-electron chi connectivity index (χ4n) is 3.67. The number of carbonyl (C=O) groups is 2. The third-order valence-corrected chi connectivity index (χ3v) is 5.92. The summed E-state index contributed by atoms with van der Waals surface area (Å²) in [6.45, 7) is 12.8. The van der Waals surface area contributed by atoms with Crippen molar-refractivity contribution >= 4 is 27.7 Å².